The largest absolute Gasteiger partial charge is 0.484 e. The third-order valence-corrected chi connectivity index (χ3v) is 4.23. The van der Waals surface area contributed by atoms with E-state index in [9.17, 15) is 0 Å². The summed E-state index contributed by atoms with van der Waals surface area (Å²) >= 11 is 0. The first-order chi connectivity index (χ1) is 10.8. The Morgan fingerprint density at radius 1 is 1.17 bits per heavy atom. The number of ether oxygens (including phenoxy) is 1. The SMILES string of the molecule is Cc1nc(COc2ccccc2)oc1C(O[SiH](C)C)C(C)(C)C. The molecular weight excluding hydrogens is 306 g/mol. The van der Waals surface area contributed by atoms with Crippen molar-refractivity contribution in [3.8, 4) is 5.75 Å². The van der Waals surface area contributed by atoms with E-state index in [1.54, 1.807) is 0 Å². The van der Waals surface area contributed by atoms with Gasteiger partial charge in [-0.2, -0.15) is 0 Å². The monoisotopic (exact) mass is 333 g/mol. The lowest BCUT2D eigenvalue weighted by Gasteiger charge is -2.31. The van der Waals surface area contributed by atoms with E-state index < -0.39 is 9.04 Å². The Labute approximate surface area is 140 Å². The zero-order valence-electron chi connectivity index (χ0n) is 14.9. The first kappa shape index (κ1) is 17.8. The van der Waals surface area contributed by atoms with Crippen LogP contribution in [0.2, 0.25) is 13.1 Å². The van der Waals surface area contributed by atoms with Gasteiger partial charge in [0.05, 0.1) is 5.69 Å². The number of hydrogen-bond donors (Lipinski definition) is 0. The number of nitrogens with zero attached hydrogens (tertiary/aromatic N) is 1. The van der Waals surface area contributed by atoms with Crippen molar-refractivity contribution in [1.29, 1.82) is 0 Å². The number of aryl methyl sites for hydroxylation is 1. The van der Waals surface area contributed by atoms with Gasteiger partial charge in [-0.15, -0.1) is 0 Å². The van der Waals surface area contributed by atoms with E-state index in [2.05, 4.69) is 38.8 Å². The molecule has 0 aliphatic heterocycles. The number of hydrogen-bond acceptors (Lipinski definition) is 4. The van der Waals surface area contributed by atoms with Crippen LogP contribution in [-0.2, 0) is 11.0 Å². The van der Waals surface area contributed by atoms with Gasteiger partial charge >= 0.3 is 0 Å². The highest BCUT2D eigenvalue weighted by atomic mass is 28.3. The summed E-state index contributed by atoms with van der Waals surface area (Å²) in [6.07, 6.45) is -0.0767. The topological polar surface area (TPSA) is 44.5 Å². The van der Waals surface area contributed by atoms with Gasteiger partial charge in [0.15, 0.2) is 21.4 Å². The second-order valence-corrected chi connectivity index (χ2v) is 9.46. The molecule has 0 fully saturated rings. The van der Waals surface area contributed by atoms with Crippen LogP contribution < -0.4 is 4.74 Å². The Morgan fingerprint density at radius 2 is 1.83 bits per heavy atom. The maximum absolute atomic E-state index is 6.22. The minimum atomic E-state index is -1.19. The Balaban J connectivity index is 2.15. The fourth-order valence-corrected chi connectivity index (χ4v) is 3.44. The van der Waals surface area contributed by atoms with Gasteiger partial charge in [0.2, 0.25) is 5.89 Å². The molecular formula is C18H27NO3Si. The first-order valence-electron chi connectivity index (χ1n) is 8.07. The fraction of sp³-hybridized carbons (Fsp3) is 0.500. The molecule has 5 heteroatoms. The molecule has 0 spiro atoms. The molecule has 0 aliphatic rings. The molecule has 2 aromatic rings. The summed E-state index contributed by atoms with van der Waals surface area (Å²) in [5.74, 6) is 2.22. The molecule has 1 unspecified atom stereocenters. The maximum atomic E-state index is 6.22. The molecule has 4 nitrogen and oxygen atoms in total. The first-order valence-corrected chi connectivity index (χ1v) is 10.8. The van der Waals surface area contributed by atoms with Crippen molar-refractivity contribution < 1.29 is 13.6 Å². The lowest BCUT2D eigenvalue weighted by Crippen LogP contribution is -2.26. The lowest BCUT2D eigenvalue weighted by atomic mass is 9.87. The summed E-state index contributed by atoms with van der Waals surface area (Å²) in [5, 5.41) is 0. The Hall–Kier alpha value is -1.59. The summed E-state index contributed by atoms with van der Waals surface area (Å²) in [6, 6.07) is 9.68. The summed E-state index contributed by atoms with van der Waals surface area (Å²) in [6.45, 7) is 13.1. The van der Waals surface area contributed by atoms with Gasteiger partial charge in [0, 0.05) is 0 Å². The standard InChI is InChI=1S/C18H27NO3Si/c1-13-16(17(18(2,3)4)22-23(5)6)21-15(19-13)12-20-14-10-8-7-9-11-14/h7-11,17,23H,12H2,1-6H3. The Morgan fingerprint density at radius 3 is 2.39 bits per heavy atom. The number of rotatable bonds is 6. The Kier molecular flexibility index (Phi) is 5.65. The highest BCUT2D eigenvalue weighted by Gasteiger charge is 2.33. The molecule has 1 heterocycles. The summed E-state index contributed by atoms with van der Waals surface area (Å²) in [7, 11) is -1.19. The smallest absolute Gasteiger partial charge is 0.232 e. The predicted molar refractivity (Wildman–Crippen MR) is 94.2 cm³/mol. The zero-order chi connectivity index (χ0) is 17.0. The van der Waals surface area contributed by atoms with Gasteiger partial charge in [0.25, 0.3) is 0 Å². The van der Waals surface area contributed by atoms with Crippen LogP contribution in [-0.4, -0.2) is 14.0 Å². The molecule has 0 radical (unpaired) electrons. The van der Waals surface area contributed by atoms with Crippen LogP contribution in [0.4, 0.5) is 0 Å². The summed E-state index contributed by atoms with van der Waals surface area (Å²) < 4.78 is 17.9. The van der Waals surface area contributed by atoms with Crippen molar-refractivity contribution in [3.63, 3.8) is 0 Å². The normalized spacial score (nSPS) is 13.3. The maximum Gasteiger partial charge on any atom is 0.232 e. The van der Waals surface area contributed by atoms with Crippen molar-refractivity contribution in [2.24, 2.45) is 5.41 Å². The van der Waals surface area contributed by atoms with Crippen molar-refractivity contribution in [2.45, 2.75) is 53.5 Å². The number of benzene rings is 1. The number of oxazole rings is 1. The second kappa shape index (κ2) is 7.32. The van der Waals surface area contributed by atoms with E-state index in [0.29, 0.717) is 12.5 Å². The van der Waals surface area contributed by atoms with E-state index in [-0.39, 0.29) is 11.5 Å². The zero-order valence-corrected chi connectivity index (χ0v) is 16.1. The van der Waals surface area contributed by atoms with Crippen LogP contribution in [0.15, 0.2) is 34.7 Å². The van der Waals surface area contributed by atoms with E-state index in [4.69, 9.17) is 13.6 Å². The Bertz CT molecular complexity index is 617. The van der Waals surface area contributed by atoms with Crippen LogP contribution in [0.1, 0.15) is 44.2 Å². The summed E-state index contributed by atoms with van der Waals surface area (Å²) in [4.78, 5) is 4.51. The van der Waals surface area contributed by atoms with Crippen molar-refractivity contribution >= 4 is 9.04 Å². The van der Waals surface area contributed by atoms with Gasteiger partial charge in [-0.05, 0) is 37.6 Å². The third-order valence-electron chi connectivity index (χ3n) is 3.42. The van der Waals surface area contributed by atoms with Gasteiger partial charge in [-0.3, -0.25) is 0 Å². The quantitative estimate of drug-likeness (QED) is 0.722. The number of para-hydroxylation sites is 1. The van der Waals surface area contributed by atoms with Gasteiger partial charge in [-0.1, -0.05) is 39.0 Å². The predicted octanol–water partition coefficient (Wildman–Crippen LogP) is 4.65. The molecule has 0 saturated heterocycles. The van der Waals surface area contributed by atoms with E-state index in [1.807, 2.05) is 37.3 Å². The summed E-state index contributed by atoms with van der Waals surface area (Å²) in [5.41, 5.74) is 0.838. The van der Waals surface area contributed by atoms with Gasteiger partial charge in [-0.25, -0.2) is 4.98 Å². The molecule has 0 bridgehead atoms. The molecule has 0 aliphatic carbocycles. The second-order valence-electron chi connectivity index (χ2n) is 7.09. The minimum absolute atomic E-state index is 0.0425. The molecule has 2 rings (SSSR count). The van der Waals surface area contributed by atoms with E-state index >= 15 is 0 Å². The highest BCUT2D eigenvalue weighted by Crippen LogP contribution is 2.38. The molecule has 0 amide bonds. The van der Waals surface area contributed by atoms with Gasteiger partial charge < -0.3 is 13.6 Å². The van der Waals surface area contributed by atoms with Crippen LogP contribution in [0.25, 0.3) is 0 Å². The molecule has 1 atom stereocenters. The van der Waals surface area contributed by atoms with Crippen molar-refractivity contribution in [2.75, 3.05) is 0 Å². The van der Waals surface area contributed by atoms with Crippen LogP contribution in [0.3, 0.4) is 0 Å². The third kappa shape index (κ3) is 4.94. The highest BCUT2D eigenvalue weighted by molar-refractivity contribution is 6.48. The van der Waals surface area contributed by atoms with Gasteiger partial charge in [0.1, 0.15) is 11.9 Å². The lowest BCUT2D eigenvalue weighted by molar-refractivity contribution is 0.0630. The molecule has 1 aromatic heterocycles. The van der Waals surface area contributed by atoms with Crippen LogP contribution in [0, 0.1) is 12.3 Å². The van der Waals surface area contributed by atoms with Crippen molar-refractivity contribution in [3.05, 3.63) is 47.7 Å². The van der Waals surface area contributed by atoms with Crippen LogP contribution >= 0.6 is 0 Å². The average molecular weight is 334 g/mol. The average Bonchev–Trinajstić information content (AvgIpc) is 2.83. The molecule has 23 heavy (non-hydrogen) atoms. The van der Waals surface area contributed by atoms with E-state index in [0.717, 1.165) is 17.2 Å². The molecule has 0 saturated carbocycles. The molecule has 126 valence electrons. The van der Waals surface area contributed by atoms with E-state index in [1.165, 1.54) is 0 Å². The van der Waals surface area contributed by atoms with Crippen LogP contribution in [0.5, 0.6) is 5.75 Å². The molecule has 0 N–H and O–H groups in total. The minimum Gasteiger partial charge on any atom is -0.484 e. The van der Waals surface area contributed by atoms with Crippen molar-refractivity contribution in [1.82, 2.24) is 4.98 Å². The fourth-order valence-electron chi connectivity index (χ4n) is 2.36. The number of aromatic nitrogens is 1. The molecule has 1 aromatic carbocycles.